The van der Waals surface area contributed by atoms with E-state index in [9.17, 15) is 23.3 Å². The van der Waals surface area contributed by atoms with Gasteiger partial charge in [0.15, 0.2) is 6.10 Å². The summed E-state index contributed by atoms with van der Waals surface area (Å²) in [6.45, 7) is -0.328. The van der Waals surface area contributed by atoms with Crippen LogP contribution in [0.3, 0.4) is 0 Å². The van der Waals surface area contributed by atoms with Crippen LogP contribution in [0.4, 0.5) is 17.1 Å². The summed E-state index contributed by atoms with van der Waals surface area (Å²) in [5.74, 6) is -0.317. The van der Waals surface area contributed by atoms with Crippen LogP contribution in [0.5, 0.6) is 11.5 Å². The number of nitro groups is 1. The van der Waals surface area contributed by atoms with Gasteiger partial charge in [-0.05, 0) is 42.5 Å². The third-order valence-electron chi connectivity index (χ3n) is 5.08. The van der Waals surface area contributed by atoms with Crippen LogP contribution in [0.15, 0.2) is 71.6 Å². The first-order chi connectivity index (χ1) is 16.2. The second kappa shape index (κ2) is 9.20. The Morgan fingerprint density at radius 3 is 2.56 bits per heavy atom. The molecule has 1 heterocycles. The maximum absolute atomic E-state index is 13.4. The number of carbonyl (C=O) groups is 1. The number of nitrogens with zero attached hydrogens (tertiary/aromatic N) is 2. The molecule has 0 fully saturated rings. The van der Waals surface area contributed by atoms with Gasteiger partial charge in [-0.2, -0.15) is 0 Å². The number of amides is 1. The van der Waals surface area contributed by atoms with Gasteiger partial charge in [-0.25, -0.2) is 8.42 Å². The summed E-state index contributed by atoms with van der Waals surface area (Å²) in [4.78, 5) is 23.6. The van der Waals surface area contributed by atoms with E-state index in [2.05, 4.69) is 5.32 Å². The molecule has 1 atom stereocenters. The van der Waals surface area contributed by atoms with Crippen LogP contribution in [0, 0.1) is 10.1 Å². The molecule has 1 amide bonds. The Balaban J connectivity index is 1.67. The number of sulfonamides is 1. The number of halogens is 1. The van der Waals surface area contributed by atoms with Crippen LogP contribution in [0.2, 0.25) is 5.02 Å². The summed E-state index contributed by atoms with van der Waals surface area (Å²) in [5.41, 5.74) is 0.0728. The van der Waals surface area contributed by atoms with Crippen molar-refractivity contribution in [2.45, 2.75) is 11.0 Å². The first-order valence-electron chi connectivity index (χ1n) is 9.88. The summed E-state index contributed by atoms with van der Waals surface area (Å²) < 4.78 is 38.9. The number of rotatable bonds is 6. The summed E-state index contributed by atoms with van der Waals surface area (Å²) >= 11 is 5.89. The van der Waals surface area contributed by atoms with E-state index in [-0.39, 0.29) is 40.0 Å². The number of fused-ring (bicyclic) bond motifs is 1. The van der Waals surface area contributed by atoms with E-state index in [0.29, 0.717) is 5.02 Å². The minimum absolute atomic E-state index is 0.00638. The van der Waals surface area contributed by atoms with Crippen LogP contribution < -0.4 is 19.1 Å². The Bertz CT molecular complexity index is 1360. The Labute approximate surface area is 199 Å². The molecule has 1 aliphatic rings. The third kappa shape index (κ3) is 4.47. The fourth-order valence-corrected chi connectivity index (χ4v) is 5.02. The maximum atomic E-state index is 13.4. The molecule has 176 valence electrons. The van der Waals surface area contributed by atoms with Gasteiger partial charge < -0.3 is 14.8 Å². The van der Waals surface area contributed by atoms with E-state index in [1.807, 2.05) is 0 Å². The zero-order valence-corrected chi connectivity index (χ0v) is 19.2. The number of hydrogen-bond donors (Lipinski definition) is 1. The van der Waals surface area contributed by atoms with Crippen molar-refractivity contribution in [3.63, 3.8) is 0 Å². The van der Waals surface area contributed by atoms with Crippen LogP contribution in [-0.4, -0.2) is 39.0 Å². The molecular weight excluding hydrogens is 486 g/mol. The largest absolute Gasteiger partial charge is 0.495 e. The molecule has 1 N–H and O–H groups in total. The van der Waals surface area contributed by atoms with Crippen LogP contribution in [-0.2, 0) is 14.8 Å². The molecule has 1 unspecified atom stereocenters. The molecule has 3 aromatic rings. The molecule has 0 aliphatic carbocycles. The number of para-hydroxylation sites is 2. The summed E-state index contributed by atoms with van der Waals surface area (Å²) in [6.07, 6.45) is -1.25. The lowest BCUT2D eigenvalue weighted by molar-refractivity contribution is -0.384. The Morgan fingerprint density at radius 2 is 1.88 bits per heavy atom. The summed E-state index contributed by atoms with van der Waals surface area (Å²) in [5, 5.41) is 14.1. The average molecular weight is 504 g/mol. The highest BCUT2D eigenvalue weighted by Gasteiger charge is 2.37. The monoisotopic (exact) mass is 503 g/mol. The normalized spacial score (nSPS) is 15.1. The predicted octanol–water partition coefficient (Wildman–Crippen LogP) is 3.85. The first kappa shape index (κ1) is 23.3. The molecule has 4 rings (SSSR count). The molecule has 1 aliphatic heterocycles. The zero-order chi connectivity index (χ0) is 24.5. The van der Waals surface area contributed by atoms with Crippen molar-refractivity contribution in [2.24, 2.45) is 0 Å². The average Bonchev–Trinajstić information content (AvgIpc) is 2.83. The minimum Gasteiger partial charge on any atom is -0.495 e. The second-order valence-corrected chi connectivity index (χ2v) is 9.49. The molecule has 3 aromatic carbocycles. The predicted molar refractivity (Wildman–Crippen MR) is 125 cm³/mol. The molecule has 0 radical (unpaired) electrons. The molecule has 0 spiro atoms. The quantitative estimate of drug-likeness (QED) is 0.399. The second-order valence-electron chi connectivity index (χ2n) is 7.20. The molecular formula is C22H18ClN3O7S. The van der Waals surface area contributed by atoms with Gasteiger partial charge in [0.05, 0.1) is 34.8 Å². The lowest BCUT2D eigenvalue weighted by atomic mass is 10.2. The van der Waals surface area contributed by atoms with Crippen LogP contribution in [0.25, 0.3) is 0 Å². The van der Waals surface area contributed by atoms with Gasteiger partial charge in [0.25, 0.3) is 21.6 Å². The molecule has 0 saturated carbocycles. The van der Waals surface area contributed by atoms with Gasteiger partial charge in [-0.1, -0.05) is 23.7 Å². The molecule has 10 nitrogen and oxygen atoms in total. The number of nitro benzene ring substituents is 1. The number of benzene rings is 3. The number of non-ortho nitro benzene ring substituents is 1. The van der Waals surface area contributed by atoms with Crippen molar-refractivity contribution in [2.75, 3.05) is 23.3 Å². The SMILES string of the molecule is COc1ccc([N+](=O)[O-])cc1NC(=O)C1CN(S(=O)(=O)c2ccc(Cl)cc2)c2ccccc2O1. The number of ether oxygens (including phenoxy) is 2. The number of anilines is 2. The van der Waals surface area contributed by atoms with Crippen molar-refractivity contribution in [1.82, 2.24) is 0 Å². The van der Waals surface area contributed by atoms with Gasteiger partial charge in [0.2, 0.25) is 0 Å². The highest BCUT2D eigenvalue weighted by molar-refractivity contribution is 7.92. The van der Waals surface area contributed by atoms with Crippen molar-refractivity contribution >= 4 is 44.6 Å². The van der Waals surface area contributed by atoms with Gasteiger partial charge in [-0.15, -0.1) is 0 Å². The minimum atomic E-state index is -4.06. The summed E-state index contributed by atoms with van der Waals surface area (Å²) in [7, 11) is -2.71. The van der Waals surface area contributed by atoms with Crippen molar-refractivity contribution in [3.05, 3.63) is 81.9 Å². The Morgan fingerprint density at radius 1 is 1.18 bits per heavy atom. The lowest BCUT2D eigenvalue weighted by Crippen LogP contribution is -2.48. The molecule has 12 heteroatoms. The highest BCUT2D eigenvalue weighted by Crippen LogP contribution is 2.37. The molecule has 0 bridgehead atoms. The van der Waals surface area contributed by atoms with E-state index < -0.39 is 27.0 Å². The molecule has 0 aromatic heterocycles. The van der Waals surface area contributed by atoms with Crippen LogP contribution >= 0.6 is 11.6 Å². The number of methoxy groups -OCH3 is 1. The van der Waals surface area contributed by atoms with Crippen molar-refractivity contribution < 1.29 is 27.6 Å². The zero-order valence-electron chi connectivity index (χ0n) is 17.7. The smallest absolute Gasteiger partial charge is 0.271 e. The van der Waals surface area contributed by atoms with Gasteiger partial charge >= 0.3 is 0 Å². The van der Waals surface area contributed by atoms with E-state index in [0.717, 1.165) is 10.4 Å². The Hall–Kier alpha value is -3.83. The first-order valence-corrected chi connectivity index (χ1v) is 11.7. The van der Waals surface area contributed by atoms with E-state index in [1.165, 1.54) is 43.5 Å². The van der Waals surface area contributed by atoms with Crippen molar-refractivity contribution in [1.29, 1.82) is 0 Å². The standard InChI is InChI=1S/C22H18ClN3O7S/c1-32-19-11-8-15(26(28)29)12-17(19)24-22(27)21-13-25(18-4-2-3-5-20(18)33-21)34(30,31)16-9-6-14(23)7-10-16/h2-12,21H,13H2,1H3,(H,24,27). The fraction of sp³-hybridized carbons (Fsp3) is 0.136. The number of carbonyl (C=O) groups excluding carboxylic acids is 1. The number of hydrogen-bond acceptors (Lipinski definition) is 7. The highest BCUT2D eigenvalue weighted by atomic mass is 35.5. The maximum Gasteiger partial charge on any atom is 0.271 e. The number of nitrogens with one attached hydrogen (secondary N) is 1. The molecule has 34 heavy (non-hydrogen) atoms. The third-order valence-corrected chi connectivity index (χ3v) is 7.13. The molecule has 0 saturated heterocycles. The summed E-state index contributed by atoms with van der Waals surface area (Å²) in [6, 6.07) is 15.8. The van der Waals surface area contributed by atoms with E-state index >= 15 is 0 Å². The van der Waals surface area contributed by atoms with Gasteiger partial charge in [-0.3, -0.25) is 19.2 Å². The lowest BCUT2D eigenvalue weighted by Gasteiger charge is -2.34. The van der Waals surface area contributed by atoms with Crippen molar-refractivity contribution in [3.8, 4) is 11.5 Å². The topological polar surface area (TPSA) is 128 Å². The van der Waals surface area contributed by atoms with Gasteiger partial charge in [0.1, 0.15) is 11.5 Å². The van der Waals surface area contributed by atoms with Gasteiger partial charge in [0, 0.05) is 17.2 Å². The fourth-order valence-electron chi connectivity index (χ4n) is 3.42. The Kier molecular flexibility index (Phi) is 6.31. The van der Waals surface area contributed by atoms with E-state index in [4.69, 9.17) is 21.1 Å². The van der Waals surface area contributed by atoms with Crippen LogP contribution in [0.1, 0.15) is 0 Å². The van der Waals surface area contributed by atoms with E-state index in [1.54, 1.807) is 24.3 Å².